The zero-order valence-corrected chi connectivity index (χ0v) is 12.2. The lowest BCUT2D eigenvalue weighted by Crippen LogP contribution is -2.42. The van der Waals surface area contributed by atoms with Gasteiger partial charge in [0.25, 0.3) is 0 Å². The van der Waals surface area contributed by atoms with Crippen molar-refractivity contribution < 1.29 is 9.84 Å². The molecule has 1 fully saturated rings. The van der Waals surface area contributed by atoms with Gasteiger partial charge < -0.3 is 14.7 Å². The van der Waals surface area contributed by atoms with E-state index in [0.29, 0.717) is 19.2 Å². The predicted octanol–water partition coefficient (Wildman–Crippen LogP) is 2.53. The summed E-state index contributed by atoms with van der Waals surface area (Å²) in [6.45, 7) is 5.16. The van der Waals surface area contributed by atoms with E-state index in [0.717, 1.165) is 5.75 Å². The number of rotatable bonds is 6. The molecule has 1 saturated carbocycles. The van der Waals surface area contributed by atoms with Crippen molar-refractivity contribution in [2.75, 3.05) is 20.2 Å². The molecule has 1 aromatic rings. The number of aliphatic hydroxyl groups is 1. The summed E-state index contributed by atoms with van der Waals surface area (Å²) in [6.07, 6.45) is 3.43. The van der Waals surface area contributed by atoms with Gasteiger partial charge in [-0.2, -0.15) is 0 Å². The lowest BCUT2D eigenvalue weighted by Gasteiger charge is -2.35. The van der Waals surface area contributed by atoms with E-state index in [1.165, 1.54) is 30.4 Å². The van der Waals surface area contributed by atoms with Gasteiger partial charge in [0.1, 0.15) is 18.5 Å². The largest absolute Gasteiger partial charge is 0.491 e. The molecular formula is C16H25NO2. The summed E-state index contributed by atoms with van der Waals surface area (Å²) < 4.78 is 5.69. The quantitative estimate of drug-likeness (QED) is 0.856. The van der Waals surface area contributed by atoms with Gasteiger partial charge in [0, 0.05) is 12.6 Å². The third-order valence-corrected chi connectivity index (χ3v) is 3.83. The Hall–Kier alpha value is -1.06. The standard InChI is InChI=1S/C16H25NO2/c1-12-7-13(2)9-16(8-12)19-11-15(18)10-17(3)14-5-4-6-14/h7-9,14-15,18H,4-6,10-11H2,1-3H3. The molecule has 3 nitrogen and oxygen atoms in total. The lowest BCUT2D eigenvalue weighted by atomic mass is 9.92. The van der Waals surface area contributed by atoms with Gasteiger partial charge in [0.2, 0.25) is 0 Å². The first-order valence-corrected chi connectivity index (χ1v) is 7.14. The fourth-order valence-electron chi connectivity index (χ4n) is 2.57. The molecule has 3 heteroatoms. The summed E-state index contributed by atoms with van der Waals surface area (Å²) >= 11 is 0. The van der Waals surface area contributed by atoms with Crippen LogP contribution in [0.2, 0.25) is 0 Å². The van der Waals surface area contributed by atoms with Gasteiger partial charge in [-0.25, -0.2) is 0 Å². The van der Waals surface area contributed by atoms with Crippen LogP contribution < -0.4 is 4.74 Å². The summed E-state index contributed by atoms with van der Waals surface area (Å²) in [5.74, 6) is 0.850. The van der Waals surface area contributed by atoms with Crippen molar-refractivity contribution in [3.8, 4) is 5.75 Å². The molecule has 106 valence electrons. The highest BCUT2D eigenvalue weighted by Crippen LogP contribution is 2.23. The van der Waals surface area contributed by atoms with Crippen molar-refractivity contribution in [1.29, 1.82) is 0 Å². The van der Waals surface area contributed by atoms with E-state index in [9.17, 15) is 5.11 Å². The highest BCUT2D eigenvalue weighted by Gasteiger charge is 2.23. The van der Waals surface area contributed by atoms with E-state index in [2.05, 4.69) is 31.9 Å². The van der Waals surface area contributed by atoms with Crippen LogP contribution in [0.5, 0.6) is 5.75 Å². The van der Waals surface area contributed by atoms with E-state index >= 15 is 0 Å². The predicted molar refractivity (Wildman–Crippen MR) is 77.7 cm³/mol. The molecule has 0 spiro atoms. The fraction of sp³-hybridized carbons (Fsp3) is 0.625. The maximum atomic E-state index is 10.0. The van der Waals surface area contributed by atoms with Gasteiger partial charge in [-0.05, 0) is 57.0 Å². The Bertz CT molecular complexity index is 395. The molecule has 1 aliphatic rings. The van der Waals surface area contributed by atoms with Crippen LogP contribution in [0.1, 0.15) is 30.4 Å². The van der Waals surface area contributed by atoms with Crippen LogP contribution in [0.15, 0.2) is 18.2 Å². The minimum absolute atomic E-state index is 0.361. The van der Waals surface area contributed by atoms with Crippen molar-refractivity contribution in [1.82, 2.24) is 4.90 Å². The lowest BCUT2D eigenvalue weighted by molar-refractivity contribution is 0.0476. The Morgan fingerprint density at radius 3 is 2.42 bits per heavy atom. The monoisotopic (exact) mass is 263 g/mol. The van der Waals surface area contributed by atoms with Crippen LogP contribution in [-0.4, -0.2) is 42.4 Å². The Labute approximate surface area is 116 Å². The van der Waals surface area contributed by atoms with Crippen LogP contribution in [0, 0.1) is 13.8 Å². The Kier molecular flexibility index (Phi) is 4.83. The van der Waals surface area contributed by atoms with E-state index < -0.39 is 6.10 Å². The van der Waals surface area contributed by atoms with E-state index in [1.807, 2.05) is 12.1 Å². The summed E-state index contributed by atoms with van der Waals surface area (Å²) in [7, 11) is 2.09. The van der Waals surface area contributed by atoms with Crippen LogP contribution in [0.4, 0.5) is 0 Å². The average molecular weight is 263 g/mol. The molecule has 0 heterocycles. The number of hydrogen-bond donors (Lipinski definition) is 1. The highest BCUT2D eigenvalue weighted by atomic mass is 16.5. The van der Waals surface area contributed by atoms with Gasteiger partial charge in [0.15, 0.2) is 0 Å². The molecular weight excluding hydrogens is 238 g/mol. The number of aliphatic hydroxyl groups excluding tert-OH is 1. The van der Waals surface area contributed by atoms with Crippen molar-refractivity contribution in [2.45, 2.75) is 45.3 Å². The van der Waals surface area contributed by atoms with Crippen LogP contribution >= 0.6 is 0 Å². The van der Waals surface area contributed by atoms with Gasteiger partial charge >= 0.3 is 0 Å². The second-order valence-corrected chi connectivity index (χ2v) is 5.81. The van der Waals surface area contributed by atoms with Crippen molar-refractivity contribution in [3.63, 3.8) is 0 Å². The second kappa shape index (κ2) is 6.40. The minimum Gasteiger partial charge on any atom is -0.491 e. The van der Waals surface area contributed by atoms with E-state index in [4.69, 9.17) is 4.74 Å². The zero-order chi connectivity index (χ0) is 13.8. The molecule has 1 atom stereocenters. The summed E-state index contributed by atoms with van der Waals surface area (Å²) in [5.41, 5.74) is 2.38. The fourth-order valence-corrected chi connectivity index (χ4v) is 2.57. The SMILES string of the molecule is Cc1cc(C)cc(OCC(O)CN(C)C2CCC2)c1. The van der Waals surface area contributed by atoms with Crippen LogP contribution in [0.25, 0.3) is 0 Å². The zero-order valence-electron chi connectivity index (χ0n) is 12.2. The molecule has 0 bridgehead atoms. The third kappa shape index (κ3) is 4.22. The topological polar surface area (TPSA) is 32.7 Å². The van der Waals surface area contributed by atoms with Gasteiger partial charge in [-0.15, -0.1) is 0 Å². The number of nitrogens with zero attached hydrogens (tertiary/aromatic N) is 1. The number of benzene rings is 1. The number of hydrogen-bond acceptors (Lipinski definition) is 3. The normalized spacial score (nSPS) is 17.3. The van der Waals surface area contributed by atoms with Gasteiger partial charge in [-0.1, -0.05) is 12.5 Å². The molecule has 1 N–H and O–H groups in total. The first kappa shape index (κ1) is 14.4. The average Bonchev–Trinajstić information content (AvgIpc) is 2.22. The molecule has 1 unspecified atom stereocenters. The Morgan fingerprint density at radius 1 is 1.26 bits per heavy atom. The Balaban J connectivity index is 1.77. The van der Waals surface area contributed by atoms with Gasteiger partial charge in [0.05, 0.1) is 0 Å². The molecule has 0 amide bonds. The first-order valence-electron chi connectivity index (χ1n) is 7.14. The molecule has 0 aliphatic heterocycles. The summed E-state index contributed by atoms with van der Waals surface area (Å²) in [6, 6.07) is 6.80. The Morgan fingerprint density at radius 2 is 1.89 bits per heavy atom. The smallest absolute Gasteiger partial charge is 0.119 e. The molecule has 0 saturated heterocycles. The first-order chi connectivity index (χ1) is 9.04. The number of likely N-dealkylation sites (N-methyl/N-ethyl adjacent to an activating group) is 1. The maximum absolute atomic E-state index is 10.0. The summed E-state index contributed by atoms with van der Waals surface area (Å²) in [4.78, 5) is 2.25. The molecule has 1 aliphatic carbocycles. The van der Waals surface area contributed by atoms with Crippen molar-refractivity contribution in [2.24, 2.45) is 0 Å². The maximum Gasteiger partial charge on any atom is 0.119 e. The van der Waals surface area contributed by atoms with Crippen LogP contribution in [-0.2, 0) is 0 Å². The minimum atomic E-state index is -0.425. The molecule has 0 aromatic heterocycles. The number of ether oxygens (including phenoxy) is 1. The van der Waals surface area contributed by atoms with Crippen molar-refractivity contribution in [3.05, 3.63) is 29.3 Å². The van der Waals surface area contributed by atoms with E-state index in [1.54, 1.807) is 0 Å². The molecule has 2 rings (SSSR count). The molecule has 1 aromatic carbocycles. The molecule has 0 radical (unpaired) electrons. The van der Waals surface area contributed by atoms with Crippen molar-refractivity contribution >= 4 is 0 Å². The highest BCUT2D eigenvalue weighted by molar-refractivity contribution is 5.32. The third-order valence-electron chi connectivity index (χ3n) is 3.83. The summed E-state index contributed by atoms with van der Waals surface area (Å²) in [5, 5.41) is 10.0. The van der Waals surface area contributed by atoms with Crippen LogP contribution in [0.3, 0.4) is 0 Å². The van der Waals surface area contributed by atoms with E-state index in [-0.39, 0.29) is 0 Å². The van der Waals surface area contributed by atoms with Gasteiger partial charge in [-0.3, -0.25) is 0 Å². The number of aryl methyl sites for hydroxylation is 2. The second-order valence-electron chi connectivity index (χ2n) is 5.81. The molecule has 19 heavy (non-hydrogen) atoms.